The number of carbonyl (C=O) groups is 2. The molecule has 3 amide bonds. The lowest BCUT2D eigenvalue weighted by Gasteiger charge is -2.33. The second-order valence-corrected chi connectivity index (χ2v) is 6.28. The molecule has 0 saturated carbocycles. The minimum atomic E-state index is -0.625. The van der Waals surface area contributed by atoms with E-state index in [1.807, 2.05) is 35.2 Å². The summed E-state index contributed by atoms with van der Waals surface area (Å²) in [7, 11) is 0. The highest BCUT2D eigenvalue weighted by atomic mass is 16.5. The average Bonchev–Trinajstić information content (AvgIpc) is 2.67. The van der Waals surface area contributed by atoms with Crippen LogP contribution < -0.4 is 5.32 Å². The Morgan fingerprint density at radius 3 is 2.25 bits per heavy atom. The number of piperidine rings is 1. The summed E-state index contributed by atoms with van der Waals surface area (Å²) in [5, 5.41) is 2.94. The predicted molar refractivity (Wildman–Crippen MR) is 90.5 cm³/mol. The summed E-state index contributed by atoms with van der Waals surface area (Å²) < 4.78 is 5.29. The SMILES string of the molecule is O=C(N[C@H](C(=O)N1CCCCC1)c1ccccc1)N1CCOCC1. The zero-order chi connectivity index (χ0) is 16.8. The fourth-order valence-electron chi connectivity index (χ4n) is 3.21. The van der Waals surface area contributed by atoms with Gasteiger partial charge in [0.2, 0.25) is 5.91 Å². The summed E-state index contributed by atoms with van der Waals surface area (Å²) in [6, 6.07) is 8.67. The molecule has 2 aliphatic rings. The molecule has 0 aliphatic carbocycles. The lowest BCUT2D eigenvalue weighted by molar-refractivity contribution is -0.134. The van der Waals surface area contributed by atoms with Crippen molar-refractivity contribution in [2.24, 2.45) is 0 Å². The molecule has 6 nitrogen and oxygen atoms in total. The maximum atomic E-state index is 13.0. The predicted octanol–water partition coefficient (Wildman–Crippen LogP) is 1.78. The Labute approximate surface area is 142 Å². The molecule has 2 saturated heterocycles. The quantitative estimate of drug-likeness (QED) is 0.918. The van der Waals surface area contributed by atoms with Gasteiger partial charge in [-0.2, -0.15) is 0 Å². The van der Waals surface area contributed by atoms with Crippen LogP contribution >= 0.6 is 0 Å². The fraction of sp³-hybridized carbons (Fsp3) is 0.556. The van der Waals surface area contributed by atoms with Gasteiger partial charge >= 0.3 is 6.03 Å². The summed E-state index contributed by atoms with van der Waals surface area (Å²) in [5.74, 6) is -0.0116. The lowest BCUT2D eigenvalue weighted by Crippen LogP contribution is -2.51. The molecule has 130 valence electrons. The number of amides is 3. The second kappa shape index (κ2) is 8.15. The van der Waals surface area contributed by atoms with E-state index in [1.165, 1.54) is 6.42 Å². The maximum absolute atomic E-state index is 13.0. The van der Waals surface area contributed by atoms with E-state index in [4.69, 9.17) is 4.74 Å². The van der Waals surface area contributed by atoms with Gasteiger partial charge in [0.25, 0.3) is 0 Å². The standard InChI is InChI=1S/C18H25N3O3/c22-17(20-9-5-2-6-10-20)16(15-7-3-1-4-8-15)19-18(23)21-11-13-24-14-12-21/h1,3-4,7-8,16H,2,5-6,9-14H2,(H,19,23)/t16-/m0/s1. The van der Waals surface area contributed by atoms with Crippen LogP contribution in [-0.2, 0) is 9.53 Å². The number of hydrogen-bond acceptors (Lipinski definition) is 3. The summed E-state index contributed by atoms with van der Waals surface area (Å²) in [5.41, 5.74) is 0.828. The third-order valence-electron chi connectivity index (χ3n) is 4.61. The summed E-state index contributed by atoms with van der Waals surface area (Å²) in [4.78, 5) is 29.1. The van der Waals surface area contributed by atoms with E-state index >= 15 is 0 Å². The number of carbonyl (C=O) groups excluding carboxylic acids is 2. The van der Waals surface area contributed by atoms with Gasteiger partial charge < -0.3 is 19.9 Å². The molecule has 1 aromatic rings. The van der Waals surface area contributed by atoms with Gasteiger partial charge in [0.1, 0.15) is 6.04 Å². The molecule has 1 atom stereocenters. The molecule has 1 aromatic carbocycles. The lowest BCUT2D eigenvalue weighted by atomic mass is 10.0. The minimum absolute atomic E-state index is 0.0116. The van der Waals surface area contributed by atoms with Gasteiger partial charge in [-0.1, -0.05) is 30.3 Å². The Kier molecular flexibility index (Phi) is 5.69. The number of rotatable bonds is 3. The largest absolute Gasteiger partial charge is 0.378 e. The minimum Gasteiger partial charge on any atom is -0.378 e. The van der Waals surface area contributed by atoms with Crippen molar-refractivity contribution in [3.8, 4) is 0 Å². The van der Waals surface area contributed by atoms with Crippen molar-refractivity contribution in [2.75, 3.05) is 39.4 Å². The maximum Gasteiger partial charge on any atom is 0.318 e. The number of benzene rings is 1. The van der Waals surface area contributed by atoms with Crippen molar-refractivity contribution < 1.29 is 14.3 Å². The normalized spacial score (nSPS) is 19.7. The zero-order valence-corrected chi connectivity index (χ0v) is 13.9. The van der Waals surface area contributed by atoms with E-state index in [0.717, 1.165) is 31.5 Å². The Morgan fingerprint density at radius 1 is 0.917 bits per heavy atom. The van der Waals surface area contributed by atoms with Crippen molar-refractivity contribution in [3.63, 3.8) is 0 Å². The Bertz CT molecular complexity index is 552. The number of ether oxygens (including phenoxy) is 1. The number of morpholine rings is 1. The molecular formula is C18H25N3O3. The summed E-state index contributed by atoms with van der Waals surface area (Å²) in [6.45, 7) is 3.76. The van der Waals surface area contributed by atoms with E-state index in [2.05, 4.69) is 5.32 Å². The van der Waals surface area contributed by atoms with Crippen LogP contribution in [0, 0.1) is 0 Å². The van der Waals surface area contributed by atoms with Crippen molar-refractivity contribution in [2.45, 2.75) is 25.3 Å². The molecule has 6 heteroatoms. The molecule has 0 radical (unpaired) electrons. The van der Waals surface area contributed by atoms with Crippen LogP contribution in [0.5, 0.6) is 0 Å². The molecule has 2 fully saturated rings. The van der Waals surface area contributed by atoms with Gasteiger partial charge in [-0.25, -0.2) is 4.79 Å². The first-order chi connectivity index (χ1) is 11.8. The zero-order valence-electron chi connectivity index (χ0n) is 13.9. The van der Waals surface area contributed by atoms with Gasteiger partial charge in [0, 0.05) is 26.2 Å². The molecule has 24 heavy (non-hydrogen) atoms. The molecular weight excluding hydrogens is 306 g/mol. The van der Waals surface area contributed by atoms with Crippen molar-refractivity contribution >= 4 is 11.9 Å². The van der Waals surface area contributed by atoms with E-state index in [-0.39, 0.29) is 11.9 Å². The molecule has 2 aliphatic heterocycles. The van der Waals surface area contributed by atoms with Crippen LogP contribution in [0.15, 0.2) is 30.3 Å². The van der Waals surface area contributed by atoms with Crippen LogP contribution in [0.3, 0.4) is 0 Å². The van der Waals surface area contributed by atoms with E-state index < -0.39 is 6.04 Å². The molecule has 3 rings (SSSR count). The van der Waals surface area contributed by atoms with Crippen molar-refractivity contribution in [3.05, 3.63) is 35.9 Å². The van der Waals surface area contributed by atoms with Crippen molar-refractivity contribution in [1.29, 1.82) is 0 Å². The number of nitrogens with one attached hydrogen (secondary N) is 1. The van der Waals surface area contributed by atoms with Gasteiger partial charge in [-0.05, 0) is 24.8 Å². The van der Waals surface area contributed by atoms with Crippen LogP contribution in [-0.4, -0.2) is 61.1 Å². The van der Waals surface area contributed by atoms with Gasteiger partial charge in [0.05, 0.1) is 13.2 Å². The first-order valence-electron chi connectivity index (χ1n) is 8.72. The van der Waals surface area contributed by atoms with E-state index in [1.54, 1.807) is 4.90 Å². The van der Waals surface area contributed by atoms with Crippen LogP contribution in [0.1, 0.15) is 30.9 Å². The van der Waals surface area contributed by atoms with Crippen LogP contribution in [0.2, 0.25) is 0 Å². The number of urea groups is 1. The van der Waals surface area contributed by atoms with Gasteiger partial charge in [0.15, 0.2) is 0 Å². The fourth-order valence-corrected chi connectivity index (χ4v) is 3.21. The van der Waals surface area contributed by atoms with Crippen LogP contribution in [0.25, 0.3) is 0 Å². The average molecular weight is 331 g/mol. The summed E-state index contributed by atoms with van der Waals surface area (Å²) in [6.07, 6.45) is 3.23. The first-order valence-corrected chi connectivity index (χ1v) is 8.72. The highest BCUT2D eigenvalue weighted by molar-refractivity contribution is 5.88. The number of nitrogens with zero attached hydrogens (tertiary/aromatic N) is 2. The third kappa shape index (κ3) is 4.06. The monoisotopic (exact) mass is 331 g/mol. The van der Waals surface area contributed by atoms with Gasteiger partial charge in [-0.3, -0.25) is 4.79 Å². The Hall–Kier alpha value is -2.08. The van der Waals surface area contributed by atoms with E-state index in [9.17, 15) is 9.59 Å². The Balaban J connectivity index is 1.74. The third-order valence-corrected chi connectivity index (χ3v) is 4.61. The van der Waals surface area contributed by atoms with E-state index in [0.29, 0.717) is 26.3 Å². The highest BCUT2D eigenvalue weighted by Crippen LogP contribution is 2.19. The molecule has 0 spiro atoms. The molecule has 0 bridgehead atoms. The smallest absolute Gasteiger partial charge is 0.318 e. The second-order valence-electron chi connectivity index (χ2n) is 6.28. The Morgan fingerprint density at radius 2 is 1.58 bits per heavy atom. The number of likely N-dealkylation sites (tertiary alicyclic amines) is 1. The van der Waals surface area contributed by atoms with Gasteiger partial charge in [-0.15, -0.1) is 0 Å². The molecule has 1 N–H and O–H groups in total. The molecule has 0 unspecified atom stereocenters. The van der Waals surface area contributed by atoms with Crippen molar-refractivity contribution in [1.82, 2.24) is 15.1 Å². The highest BCUT2D eigenvalue weighted by Gasteiger charge is 2.30. The topological polar surface area (TPSA) is 61.9 Å². The molecule has 2 heterocycles. The summed E-state index contributed by atoms with van der Waals surface area (Å²) >= 11 is 0. The molecule has 0 aromatic heterocycles. The first kappa shape index (κ1) is 16.8. The van der Waals surface area contributed by atoms with Crippen LogP contribution in [0.4, 0.5) is 4.79 Å². The number of hydrogen-bond donors (Lipinski definition) is 1.